The number of benzene rings is 3. The second kappa shape index (κ2) is 10.3. The molecule has 0 bridgehead atoms. The molecule has 1 N–H and O–H groups in total. The van der Waals surface area contributed by atoms with Crippen LogP contribution in [0.25, 0.3) is 0 Å². The molecule has 0 unspecified atom stereocenters. The van der Waals surface area contributed by atoms with Gasteiger partial charge in [-0.25, -0.2) is 0 Å². The molecule has 3 aromatic rings. The van der Waals surface area contributed by atoms with E-state index in [2.05, 4.69) is 74.6 Å². The zero-order valence-corrected chi connectivity index (χ0v) is 18.2. The van der Waals surface area contributed by atoms with Crippen LogP contribution in [0.1, 0.15) is 53.4 Å². The minimum Gasteiger partial charge on any atom is -0.345 e. The van der Waals surface area contributed by atoms with Crippen LogP contribution in [-0.2, 0) is 5.75 Å². The number of hydrogen-bond donors (Lipinski definition) is 1. The van der Waals surface area contributed by atoms with Gasteiger partial charge in [0.1, 0.15) is 0 Å². The van der Waals surface area contributed by atoms with Gasteiger partial charge in [-0.3, -0.25) is 4.79 Å². The number of carbonyl (C=O) groups is 1. The number of amides is 1. The summed E-state index contributed by atoms with van der Waals surface area (Å²) < 4.78 is 0. The molecule has 150 valence electrons. The first kappa shape index (κ1) is 21.2. The number of nitrogens with one attached hydrogen (secondary N) is 1. The summed E-state index contributed by atoms with van der Waals surface area (Å²) in [6.45, 7) is 6.47. The third kappa shape index (κ3) is 6.50. The Balaban J connectivity index is 1.62. The van der Waals surface area contributed by atoms with Crippen molar-refractivity contribution in [2.45, 2.75) is 43.9 Å². The predicted molar refractivity (Wildman–Crippen MR) is 123 cm³/mol. The van der Waals surface area contributed by atoms with Crippen molar-refractivity contribution in [3.8, 4) is 0 Å². The van der Waals surface area contributed by atoms with Crippen LogP contribution in [0.4, 0.5) is 0 Å². The van der Waals surface area contributed by atoms with E-state index < -0.39 is 0 Å². The maximum absolute atomic E-state index is 12.8. The molecule has 0 saturated carbocycles. The second-order valence-electron chi connectivity index (χ2n) is 7.86. The lowest BCUT2D eigenvalue weighted by Gasteiger charge is -2.21. The number of rotatable bonds is 8. The van der Waals surface area contributed by atoms with E-state index in [1.807, 2.05) is 42.1 Å². The van der Waals surface area contributed by atoms with Crippen LogP contribution in [-0.4, -0.2) is 5.91 Å². The Hall–Kier alpha value is -2.52. The van der Waals surface area contributed by atoms with Crippen LogP contribution in [0.15, 0.2) is 83.8 Å². The van der Waals surface area contributed by atoms with Gasteiger partial charge >= 0.3 is 0 Å². The predicted octanol–water partition coefficient (Wildman–Crippen LogP) is 6.80. The van der Waals surface area contributed by atoms with Crippen molar-refractivity contribution in [3.63, 3.8) is 0 Å². The number of hydrogen-bond acceptors (Lipinski definition) is 2. The Morgan fingerprint density at radius 3 is 2.17 bits per heavy atom. The lowest BCUT2D eigenvalue weighted by molar-refractivity contribution is 0.0932. The minimum atomic E-state index is -0.0164. The van der Waals surface area contributed by atoms with E-state index in [-0.39, 0.29) is 11.9 Å². The Morgan fingerprint density at radius 2 is 1.55 bits per heavy atom. The molecule has 0 saturated heterocycles. The Morgan fingerprint density at radius 1 is 0.897 bits per heavy atom. The quantitative estimate of drug-likeness (QED) is 0.419. The molecule has 0 aliphatic carbocycles. The van der Waals surface area contributed by atoms with Gasteiger partial charge in [0.25, 0.3) is 5.91 Å². The van der Waals surface area contributed by atoms with Gasteiger partial charge in [0.2, 0.25) is 0 Å². The zero-order chi connectivity index (χ0) is 20.6. The fourth-order valence-corrected chi connectivity index (χ4v) is 4.08. The van der Waals surface area contributed by atoms with E-state index in [1.165, 1.54) is 16.0 Å². The maximum atomic E-state index is 12.8. The molecule has 0 fully saturated rings. The van der Waals surface area contributed by atoms with Crippen molar-refractivity contribution in [1.82, 2.24) is 5.32 Å². The van der Waals surface area contributed by atoms with Crippen LogP contribution in [0.2, 0.25) is 0 Å². The Labute approximate surface area is 178 Å². The van der Waals surface area contributed by atoms with E-state index in [9.17, 15) is 4.79 Å². The van der Waals surface area contributed by atoms with Gasteiger partial charge in [-0.15, -0.1) is 11.8 Å². The monoisotopic (exact) mass is 403 g/mol. The average Bonchev–Trinajstić information content (AvgIpc) is 2.73. The molecule has 3 aromatic carbocycles. The van der Waals surface area contributed by atoms with Crippen LogP contribution >= 0.6 is 11.8 Å². The van der Waals surface area contributed by atoms with Crippen molar-refractivity contribution in [3.05, 3.63) is 101 Å². The van der Waals surface area contributed by atoms with Crippen LogP contribution in [0, 0.1) is 12.8 Å². The van der Waals surface area contributed by atoms with Crippen LogP contribution in [0.5, 0.6) is 0 Å². The molecule has 0 radical (unpaired) electrons. The summed E-state index contributed by atoms with van der Waals surface area (Å²) in [5, 5.41) is 3.22. The van der Waals surface area contributed by atoms with Crippen molar-refractivity contribution in [1.29, 1.82) is 0 Å². The highest BCUT2D eigenvalue weighted by Crippen LogP contribution is 2.24. The van der Waals surface area contributed by atoms with Gasteiger partial charge in [-0.2, -0.15) is 0 Å². The van der Waals surface area contributed by atoms with Gasteiger partial charge in [0, 0.05) is 16.2 Å². The Kier molecular flexibility index (Phi) is 7.54. The summed E-state index contributed by atoms with van der Waals surface area (Å²) in [6, 6.07) is 26.8. The normalized spacial score (nSPS) is 12.0. The molecule has 1 amide bonds. The number of carbonyl (C=O) groups excluding carboxylic acids is 1. The van der Waals surface area contributed by atoms with Gasteiger partial charge in [-0.05, 0) is 54.7 Å². The van der Waals surface area contributed by atoms with Gasteiger partial charge in [-0.1, -0.05) is 74.0 Å². The fourth-order valence-electron chi connectivity index (χ4n) is 3.23. The third-order valence-electron chi connectivity index (χ3n) is 4.86. The molecule has 3 rings (SSSR count). The lowest BCUT2D eigenvalue weighted by atomic mass is 9.96. The van der Waals surface area contributed by atoms with Crippen molar-refractivity contribution in [2.75, 3.05) is 0 Å². The first-order valence-corrected chi connectivity index (χ1v) is 11.1. The highest BCUT2D eigenvalue weighted by atomic mass is 32.2. The molecule has 1 atom stereocenters. The summed E-state index contributed by atoms with van der Waals surface area (Å²) in [5.74, 6) is 1.38. The highest BCUT2D eigenvalue weighted by Gasteiger charge is 2.17. The lowest BCUT2D eigenvalue weighted by Crippen LogP contribution is -2.29. The Bertz CT molecular complexity index is 902. The first-order chi connectivity index (χ1) is 14.0. The van der Waals surface area contributed by atoms with Gasteiger partial charge in [0.05, 0.1) is 6.04 Å². The molecule has 0 aliphatic heterocycles. The van der Waals surface area contributed by atoms with Crippen LogP contribution in [0.3, 0.4) is 0 Å². The first-order valence-electron chi connectivity index (χ1n) is 10.2. The third-order valence-corrected chi connectivity index (χ3v) is 5.94. The average molecular weight is 404 g/mol. The molecule has 0 spiro atoms. The van der Waals surface area contributed by atoms with Crippen molar-refractivity contribution < 1.29 is 4.79 Å². The second-order valence-corrected chi connectivity index (χ2v) is 8.91. The summed E-state index contributed by atoms with van der Waals surface area (Å²) >= 11 is 1.81. The zero-order valence-electron chi connectivity index (χ0n) is 17.4. The minimum absolute atomic E-state index is 0.0164. The van der Waals surface area contributed by atoms with E-state index in [1.54, 1.807) is 0 Å². The number of thioether (sulfide) groups is 1. The van der Waals surface area contributed by atoms with E-state index in [4.69, 9.17) is 0 Å². The standard InChI is InChI=1S/C26H29NOS/c1-19(2)17-25(22-7-5-4-6-8-22)27-26(28)23-13-11-21(12-14-23)18-29-24-15-9-20(3)10-16-24/h4-16,19,25H,17-18H2,1-3H3,(H,27,28)/t25-/m0/s1. The maximum Gasteiger partial charge on any atom is 0.251 e. The SMILES string of the molecule is Cc1ccc(SCc2ccc(C(=O)N[C@@H](CC(C)C)c3ccccc3)cc2)cc1. The highest BCUT2D eigenvalue weighted by molar-refractivity contribution is 7.98. The summed E-state index contributed by atoms with van der Waals surface area (Å²) in [7, 11) is 0. The summed E-state index contributed by atoms with van der Waals surface area (Å²) in [6.07, 6.45) is 0.918. The van der Waals surface area contributed by atoms with Crippen LogP contribution < -0.4 is 5.32 Å². The smallest absolute Gasteiger partial charge is 0.251 e. The van der Waals surface area contributed by atoms with Crippen molar-refractivity contribution in [2.24, 2.45) is 5.92 Å². The van der Waals surface area contributed by atoms with Gasteiger partial charge < -0.3 is 5.32 Å². The molecule has 0 heterocycles. The molecule has 0 aromatic heterocycles. The molecular formula is C26H29NOS. The van der Waals surface area contributed by atoms with Crippen molar-refractivity contribution >= 4 is 17.7 Å². The van der Waals surface area contributed by atoms with E-state index in [0.29, 0.717) is 11.5 Å². The molecule has 2 nitrogen and oxygen atoms in total. The topological polar surface area (TPSA) is 29.1 Å². The largest absolute Gasteiger partial charge is 0.345 e. The summed E-state index contributed by atoms with van der Waals surface area (Å²) in [5.41, 5.74) is 4.35. The molecular weight excluding hydrogens is 374 g/mol. The molecule has 29 heavy (non-hydrogen) atoms. The van der Waals surface area contributed by atoms with E-state index in [0.717, 1.165) is 17.7 Å². The molecule has 0 aliphatic rings. The fraction of sp³-hybridized carbons (Fsp3) is 0.269. The number of aryl methyl sites for hydroxylation is 1. The molecule has 3 heteroatoms. The summed E-state index contributed by atoms with van der Waals surface area (Å²) in [4.78, 5) is 14.1. The van der Waals surface area contributed by atoms with E-state index >= 15 is 0 Å². The van der Waals surface area contributed by atoms with Gasteiger partial charge in [0.15, 0.2) is 0 Å².